The average molecular weight is 277 g/mol. The van der Waals surface area contributed by atoms with Crippen LogP contribution in [0.4, 0.5) is 0 Å². The number of carbonyl (C=O) groups is 1. The molecular weight excluding hydrogens is 254 g/mol. The van der Waals surface area contributed by atoms with Crippen molar-refractivity contribution in [2.75, 3.05) is 32.8 Å². The first-order chi connectivity index (χ1) is 9.79. The van der Waals surface area contributed by atoms with E-state index in [1.165, 1.54) is 12.8 Å². The lowest BCUT2D eigenvalue weighted by atomic mass is 10.2. The zero-order valence-electron chi connectivity index (χ0n) is 11.8. The molecule has 1 fully saturated rings. The number of rotatable bonds is 7. The summed E-state index contributed by atoms with van der Waals surface area (Å²) in [5, 5.41) is 2.88. The molecule has 20 heavy (non-hydrogen) atoms. The number of amides is 1. The SMILES string of the molecule is NCc1ccccc1OCC(=O)NCCN1CCCC1. The highest BCUT2D eigenvalue weighted by molar-refractivity contribution is 5.77. The van der Waals surface area contributed by atoms with Gasteiger partial charge < -0.3 is 20.7 Å². The fourth-order valence-corrected chi connectivity index (χ4v) is 2.37. The van der Waals surface area contributed by atoms with Gasteiger partial charge in [0.25, 0.3) is 5.91 Å². The lowest BCUT2D eigenvalue weighted by molar-refractivity contribution is -0.123. The second kappa shape index (κ2) is 7.87. The van der Waals surface area contributed by atoms with Gasteiger partial charge >= 0.3 is 0 Å². The Kier molecular flexibility index (Phi) is 5.83. The molecule has 0 bridgehead atoms. The predicted octanol–water partition coefficient (Wildman–Crippen LogP) is 0.736. The van der Waals surface area contributed by atoms with Gasteiger partial charge in [-0.25, -0.2) is 0 Å². The van der Waals surface area contributed by atoms with Crippen LogP contribution in [-0.2, 0) is 11.3 Å². The van der Waals surface area contributed by atoms with Crippen molar-refractivity contribution in [1.82, 2.24) is 10.2 Å². The average Bonchev–Trinajstić information content (AvgIpc) is 2.98. The van der Waals surface area contributed by atoms with E-state index in [4.69, 9.17) is 10.5 Å². The molecule has 0 saturated carbocycles. The highest BCUT2D eigenvalue weighted by atomic mass is 16.5. The molecule has 0 radical (unpaired) electrons. The van der Waals surface area contributed by atoms with Gasteiger partial charge in [0.2, 0.25) is 0 Å². The van der Waals surface area contributed by atoms with Gasteiger partial charge in [-0.15, -0.1) is 0 Å². The molecule has 1 aromatic carbocycles. The van der Waals surface area contributed by atoms with Crippen molar-refractivity contribution in [2.24, 2.45) is 5.73 Å². The van der Waals surface area contributed by atoms with Crippen molar-refractivity contribution >= 4 is 5.91 Å². The maximum atomic E-state index is 11.7. The largest absolute Gasteiger partial charge is 0.483 e. The number of para-hydroxylation sites is 1. The Hall–Kier alpha value is -1.59. The van der Waals surface area contributed by atoms with Crippen molar-refractivity contribution in [3.8, 4) is 5.75 Å². The minimum absolute atomic E-state index is 0.0387. The first-order valence-electron chi connectivity index (χ1n) is 7.19. The van der Waals surface area contributed by atoms with Crippen LogP contribution in [-0.4, -0.2) is 43.6 Å². The topological polar surface area (TPSA) is 67.6 Å². The summed E-state index contributed by atoms with van der Waals surface area (Å²) in [7, 11) is 0. The first kappa shape index (κ1) is 14.8. The molecule has 110 valence electrons. The van der Waals surface area contributed by atoms with Crippen molar-refractivity contribution in [3.05, 3.63) is 29.8 Å². The number of nitrogens with one attached hydrogen (secondary N) is 1. The molecule has 3 N–H and O–H groups in total. The van der Waals surface area contributed by atoms with E-state index in [-0.39, 0.29) is 12.5 Å². The number of nitrogens with zero attached hydrogens (tertiary/aromatic N) is 1. The Labute approximate surface area is 120 Å². The Morgan fingerprint density at radius 2 is 2.05 bits per heavy atom. The number of likely N-dealkylation sites (tertiary alicyclic amines) is 1. The normalized spacial score (nSPS) is 15.2. The summed E-state index contributed by atoms with van der Waals surface area (Å²) in [5.74, 6) is 0.598. The zero-order valence-corrected chi connectivity index (χ0v) is 11.8. The fourth-order valence-electron chi connectivity index (χ4n) is 2.37. The van der Waals surface area contributed by atoms with Crippen LogP contribution in [0.5, 0.6) is 5.75 Å². The van der Waals surface area contributed by atoms with E-state index in [1.54, 1.807) is 0 Å². The molecule has 1 aliphatic heterocycles. The molecule has 5 heteroatoms. The highest BCUT2D eigenvalue weighted by Gasteiger charge is 2.11. The molecule has 0 aromatic heterocycles. The van der Waals surface area contributed by atoms with Crippen LogP contribution < -0.4 is 15.8 Å². The van der Waals surface area contributed by atoms with Gasteiger partial charge in [0, 0.05) is 25.2 Å². The Morgan fingerprint density at radius 1 is 1.30 bits per heavy atom. The van der Waals surface area contributed by atoms with Crippen LogP contribution in [0.3, 0.4) is 0 Å². The maximum absolute atomic E-state index is 11.7. The van der Waals surface area contributed by atoms with Crippen LogP contribution in [0.1, 0.15) is 18.4 Å². The minimum atomic E-state index is -0.0870. The maximum Gasteiger partial charge on any atom is 0.257 e. The van der Waals surface area contributed by atoms with Gasteiger partial charge in [-0.05, 0) is 32.0 Å². The van der Waals surface area contributed by atoms with E-state index >= 15 is 0 Å². The molecule has 1 saturated heterocycles. The Balaban J connectivity index is 1.66. The molecule has 1 aromatic rings. The summed E-state index contributed by atoms with van der Waals surface area (Å²) >= 11 is 0. The first-order valence-corrected chi connectivity index (χ1v) is 7.19. The van der Waals surface area contributed by atoms with Gasteiger partial charge in [0.1, 0.15) is 5.75 Å². The summed E-state index contributed by atoms with van der Waals surface area (Å²) in [6, 6.07) is 7.52. The van der Waals surface area contributed by atoms with Crippen LogP contribution in [0, 0.1) is 0 Å². The standard InChI is InChI=1S/C15H23N3O2/c16-11-13-5-1-2-6-14(13)20-12-15(19)17-7-10-18-8-3-4-9-18/h1-2,5-6H,3-4,7-12,16H2,(H,17,19). The minimum Gasteiger partial charge on any atom is -0.483 e. The van der Waals surface area contributed by atoms with Crippen molar-refractivity contribution < 1.29 is 9.53 Å². The smallest absolute Gasteiger partial charge is 0.257 e. The monoisotopic (exact) mass is 277 g/mol. The summed E-state index contributed by atoms with van der Waals surface area (Å²) in [4.78, 5) is 14.1. The molecule has 0 aliphatic carbocycles. The van der Waals surface area contributed by atoms with Crippen molar-refractivity contribution in [3.63, 3.8) is 0 Å². The molecule has 2 rings (SSSR count). The molecule has 0 unspecified atom stereocenters. The van der Waals surface area contributed by atoms with E-state index in [0.717, 1.165) is 25.2 Å². The number of hydrogen-bond acceptors (Lipinski definition) is 4. The number of carbonyl (C=O) groups excluding carboxylic acids is 1. The van der Waals surface area contributed by atoms with E-state index in [2.05, 4.69) is 10.2 Å². The molecule has 0 spiro atoms. The van der Waals surface area contributed by atoms with E-state index in [1.807, 2.05) is 24.3 Å². The quantitative estimate of drug-likeness (QED) is 0.771. The third-order valence-corrected chi connectivity index (χ3v) is 3.50. The molecule has 5 nitrogen and oxygen atoms in total. The summed E-state index contributed by atoms with van der Waals surface area (Å²) < 4.78 is 5.51. The number of benzene rings is 1. The van der Waals surface area contributed by atoms with Gasteiger partial charge in [-0.1, -0.05) is 18.2 Å². The zero-order chi connectivity index (χ0) is 14.2. The summed E-state index contributed by atoms with van der Waals surface area (Å²) in [6.07, 6.45) is 2.54. The Morgan fingerprint density at radius 3 is 2.80 bits per heavy atom. The van der Waals surface area contributed by atoms with E-state index in [9.17, 15) is 4.79 Å². The second-order valence-corrected chi connectivity index (χ2v) is 5.00. The van der Waals surface area contributed by atoms with Gasteiger partial charge in [-0.3, -0.25) is 4.79 Å². The van der Waals surface area contributed by atoms with Crippen LogP contribution >= 0.6 is 0 Å². The summed E-state index contributed by atoms with van der Waals surface area (Å²) in [6.45, 7) is 4.35. The highest BCUT2D eigenvalue weighted by Crippen LogP contribution is 2.16. The van der Waals surface area contributed by atoms with E-state index in [0.29, 0.717) is 18.8 Å². The molecule has 1 heterocycles. The lowest BCUT2D eigenvalue weighted by Gasteiger charge is -2.15. The lowest BCUT2D eigenvalue weighted by Crippen LogP contribution is -2.36. The van der Waals surface area contributed by atoms with Gasteiger partial charge in [0.15, 0.2) is 6.61 Å². The Bertz CT molecular complexity index is 431. The van der Waals surface area contributed by atoms with Gasteiger partial charge in [-0.2, -0.15) is 0 Å². The van der Waals surface area contributed by atoms with Crippen LogP contribution in [0.2, 0.25) is 0 Å². The number of nitrogens with two attached hydrogens (primary N) is 1. The molecular formula is C15H23N3O2. The third kappa shape index (κ3) is 4.51. The van der Waals surface area contributed by atoms with Crippen LogP contribution in [0.25, 0.3) is 0 Å². The fraction of sp³-hybridized carbons (Fsp3) is 0.533. The van der Waals surface area contributed by atoms with Crippen LogP contribution in [0.15, 0.2) is 24.3 Å². The second-order valence-electron chi connectivity index (χ2n) is 5.00. The summed E-state index contributed by atoms with van der Waals surface area (Å²) in [5.41, 5.74) is 6.54. The third-order valence-electron chi connectivity index (χ3n) is 3.50. The van der Waals surface area contributed by atoms with E-state index < -0.39 is 0 Å². The van der Waals surface area contributed by atoms with Crippen molar-refractivity contribution in [1.29, 1.82) is 0 Å². The number of ether oxygens (including phenoxy) is 1. The van der Waals surface area contributed by atoms with Crippen molar-refractivity contribution in [2.45, 2.75) is 19.4 Å². The molecule has 1 amide bonds. The number of hydrogen-bond donors (Lipinski definition) is 2. The predicted molar refractivity (Wildman–Crippen MR) is 78.5 cm³/mol. The molecule has 1 aliphatic rings. The van der Waals surface area contributed by atoms with Gasteiger partial charge in [0.05, 0.1) is 0 Å². The molecule has 0 atom stereocenters.